The minimum Gasteiger partial charge on any atom is -0.350 e. The molecular weight excluding hydrogens is 230 g/mol. The highest BCUT2D eigenvalue weighted by Crippen LogP contribution is 2.27. The van der Waals surface area contributed by atoms with E-state index in [1.165, 1.54) is 0 Å². The van der Waals surface area contributed by atoms with Gasteiger partial charge in [-0.05, 0) is 26.3 Å². The van der Waals surface area contributed by atoms with Crippen molar-refractivity contribution in [3.8, 4) is 0 Å². The van der Waals surface area contributed by atoms with Gasteiger partial charge in [0.25, 0.3) is 5.91 Å². The molecule has 4 heteroatoms. The Kier molecular flexibility index (Phi) is 3.68. The zero-order valence-corrected chi connectivity index (χ0v) is 11.0. The number of ether oxygens (including phenoxy) is 2. The molecule has 18 heavy (non-hydrogen) atoms. The first-order chi connectivity index (χ1) is 8.48. The van der Waals surface area contributed by atoms with Crippen molar-refractivity contribution in [2.24, 2.45) is 0 Å². The molecule has 4 nitrogen and oxygen atoms in total. The van der Waals surface area contributed by atoms with Crippen LogP contribution in [0.2, 0.25) is 0 Å². The van der Waals surface area contributed by atoms with Gasteiger partial charge in [-0.25, -0.2) is 0 Å². The lowest BCUT2D eigenvalue weighted by molar-refractivity contribution is -0.155. The van der Waals surface area contributed by atoms with Gasteiger partial charge in [-0.1, -0.05) is 30.3 Å². The average Bonchev–Trinajstić information content (AvgIpc) is 2.61. The normalized spacial score (nSPS) is 25.9. The maximum atomic E-state index is 12.0. The van der Waals surface area contributed by atoms with Gasteiger partial charge < -0.3 is 14.8 Å². The maximum absolute atomic E-state index is 12.0. The van der Waals surface area contributed by atoms with Gasteiger partial charge in [0, 0.05) is 6.54 Å². The number of hydrogen-bond acceptors (Lipinski definition) is 3. The molecule has 1 heterocycles. The summed E-state index contributed by atoms with van der Waals surface area (Å²) in [5.41, 5.74) is 1.07. The summed E-state index contributed by atoms with van der Waals surface area (Å²) in [6, 6.07) is 9.79. The number of amides is 1. The Labute approximate surface area is 107 Å². The molecule has 0 bridgehead atoms. The first-order valence-corrected chi connectivity index (χ1v) is 6.15. The quantitative estimate of drug-likeness (QED) is 0.889. The highest BCUT2D eigenvalue weighted by atomic mass is 16.8. The number of carbonyl (C=O) groups is 1. The summed E-state index contributed by atoms with van der Waals surface area (Å²) in [4.78, 5) is 12.0. The minimum atomic E-state index is -0.686. The van der Waals surface area contributed by atoms with E-state index in [0.717, 1.165) is 5.56 Å². The van der Waals surface area contributed by atoms with Gasteiger partial charge in [-0.2, -0.15) is 0 Å². The van der Waals surface area contributed by atoms with Crippen LogP contribution < -0.4 is 5.32 Å². The Bertz CT molecular complexity index is 416. The number of hydrogen-bond donors (Lipinski definition) is 1. The van der Waals surface area contributed by atoms with Crippen LogP contribution in [0.1, 0.15) is 26.3 Å². The van der Waals surface area contributed by atoms with Crippen LogP contribution in [-0.2, 0) is 20.8 Å². The molecule has 0 spiro atoms. The molecule has 0 saturated carbocycles. The molecule has 0 radical (unpaired) electrons. The largest absolute Gasteiger partial charge is 0.350 e. The van der Waals surface area contributed by atoms with Gasteiger partial charge in [-0.3, -0.25) is 4.79 Å². The van der Waals surface area contributed by atoms with Crippen LogP contribution in [0.3, 0.4) is 0 Å². The van der Waals surface area contributed by atoms with Gasteiger partial charge in [0.2, 0.25) is 0 Å². The molecule has 1 aromatic rings. The van der Waals surface area contributed by atoms with Gasteiger partial charge in [-0.15, -0.1) is 0 Å². The van der Waals surface area contributed by atoms with E-state index in [2.05, 4.69) is 5.32 Å². The molecule has 2 unspecified atom stereocenters. The van der Waals surface area contributed by atoms with Gasteiger partial charge in [0.15, 0.2) is 11.9 Å². The van der Waals surface area contributed by atoms with E-state index in [9.17, 15) is 4.79 Å². The van der Waals surface area contributed by atoms with E-state index >= 15 is 0 Å². The van der Waals surface area contributed by atoms with Crippen LogP contribution in [-0.4, -0.2) is 23.9 Å². The van der Waals surface area contributed by atoms with E-state index in [0.29, 0.717) is 6.54 Å². The zero-order valence-electron chi connectivity index (χ0n) is 11.0. The molecule has 1 aliphatic rings. The SMILES string of the molecule is CC1OC(C)(C)OC1C(=O)NCc1ccccc1. The third-order valence-electron chi connectivity index (χ3n) is 2.87. The Hall–Kier alpha value is -1.39. The molecule has 1 aliphatic heterocycles. The lowest BCUT2D eigenvalue weighted by Gasteiger charge is -2.16. The lowest BCUT2D eigenvalue weighted by Crippen LogP contribution is -2.39. The fourth-order valence-corrected chi connectivity index (χ4v) is 2.09. The second-order valence-corrected chi connectivity index (χ2v) is 4.96. The predicted molar refractivity (Wildman–Crippen MR) is 67.8 cm³/mol. The van der Waals surface area contributed by atoms with Crippen LogP contribution in [0.25, 0.3) is 0 Å². The molecule has 1 amide bonds. The summed E-state index contributed by atoms with van der Waals surface area (Å²) in [7, 11) is 0. The van der Waals surface area contributed by atoms with E-state index in [-0.39, 0.29) is 12.0 Å². The molecule has 1 N–H and O–H groups in total. The van der Waals surface area contributed by atoms with Crippen molar-refractivity contribution in [3.05, 3.63) is 35.9 Å². The second-order valence-electron chi connectivity index (χ2n) is 4.96. The third-order valence-corrected chi connectivity index (χ3v) is 2.87. The van der Waals surface area contributed by atoms with Crippen molar-refractivity contribution in [2.75, 3.05) is 0 Å². The lowest BCUT2D eigenvalue weighted by atomic mass is 10.2. The van der Waals surface area contributed by atoms with Crippen molar-refractivity contribution in [2.45, 2.75) is 45.3 Å². The molecule has 0 aliphatic carbocycles. The van der Waals surface area contributed by atoms with Crippen LogP contribution >= 0.6 is 0 Å². The molecule has 1 aromatic carbocycles. The number of benzene rings is 1. The van der Waals surface area contributed by atoms with Crippen LogP contribution in [0.5, 0.6) is 0 Å². The van der Waals surface area contributed by atoms with Gasteiger partial charge in [0.1, 0.15) is 0 Å². The van der Waals surface area contributed by atoms with Gasteiger partial charge in [0.05, 0.1) is 6.10 Å². The van der Waals surface area contributed by atoms with Crippen molar-refractivity contribution < 1.29 is 14.3 Å². The first kappa shape index (κ1) is 13.1. The van der Waals surface area contributed by atoms with Crippen LogP contribution in [0, 0.1) is 0 Å². The smallest absolute Gasteiger partial charge is 0.252 e. The van der Waals surface area contributed by atoms with Gasteiger partial charge >= 0.3 is 0 Å². The fraction of sp³-hybridized carbons (Fsp3) is 0.500. The van der Waals surface area contributed by atoms with E-state index < -0.39 is 11.9 Å². The van der Waals surface area contributed by atoms with Crippen LogP contribution in [0.4, 0.5) is 0 Å². The van der Waals surface area contributed by atoms with Crippen molar-refractivity contribution in [1.82, 2.24) is 5.32 Å². The fourth-order valence-electron chi connectivity index (χ4n) is 2.09. The topological polar surface area (TPSA) is 47.6 Å². The summed E-state index contributed by atoms with van der Waals surface area (Å²) in [5.74, 6) is -0.814. The Morgan fingerprint density at radius 3 is 2.50 bits per heavy atom. The Morgan fingerprint density at radius 2 is 1.94 bits per heavy atom. The zero-order chi connectivity index (χ0) is 13.2. The van der Waals surface area contributed by atoms with E-state index in [4.69, 9.17) is 9.47 Å². The number of nitrogens with one attached hydrogen (secondary N) is 1. The third kappa shape index (κ3) is 3.09. The highest BCUT2D eigenvalue weighted by Gasteiger charge is 2.42. The van der Waals surface area contributed by atoms with Crippen LogP contribution in [0.15, 0.2) is 30.3 Å². The summed E-state index contributed by atoms with van der Waals surface area (Å²) in [5, 5.41) is 2.87. The summed E-state index contributed by atoms with van der Waals surface area (Å²) < 4.78 is 11.1. The molecule has 2 atom stereocenters. The molecule has 1 fully saturated rings. The Balaban J connectivity index is 1.89. The average molecular weight is 249 g/mol. The monoisotopic (exact) mass is 249 g/mol. The first-order valence-electron chi connectivity index (χ1n) is 6.15. The summed E-state index contributed by atoms with van der Waals surface area (Å²) >= 11 is 0. The molecule has 98 valence electrons. The van der Waals surface area contributed by atoms with Crippen molar-refractivity contribution in [1.29, 1.82) is 0 Å². The highest BCUT2D eigenvalue weighted by molar-refractivity contribution is 5.81. The molecule has 2 rings (SSSR count). The number of carbonyl (C=O) groups excluding carboxylic acids is 1. The molecule has 1 saturated heterocycles. The second kappa shape index (κ2) is 5.08. The van der Waals surface area contributed by atoms with Crippen molar-refractivity contribution >= 4 is 5.91 Å². The standard InChI is InChI=1S/C14H19NO3/c1-10-12(18-14(2,3)17-10)13(16)15-9-11-7-5-4-6-8-11/h4-8,10,12H,9H2,1-3H3,(H,15,16). The minimum absolute atomic E-state index is 0.128. The summed E-state index contributed by atoms with van der Waals surface area (Å²) in [6.45, 7) is 5.98. The van der Waals surface area contributed by atoms with E-state index in [1.807, 2.05) is 51.1 Å². The molecule has 0 aromatic heterocycles. The maximum Gasteiger partial charge on any atom is 0.252 e. The predicted octanol–water partition coefficient (Wildman–Crippen LogP) is 1.84. The molecular formula is C14H19NO3. The van der Waals surface area contributed by atoms with E-state index in [1.54, 1.807) is 0 Å². The number of rotatable bonds is 3. The Morgan fingerprint density at radius 1 is 1.28 bits per heavy atom. The van der Waals surface area contributed by atoms with Crippen molar-refractivity contribution in [3.63, 3.8) is 0 Å². The summed E-state index contributed by atoms with van der Waals surface area (Å²) in [6.07, 6.45) is -0.764.